The number of sulfonamides is 1. The smallest absolute Gasteiger partial charge is 0.241 e. The summed E-state index contributed by atoms with van der Waals surface area (Å²) in [5.74, 6) is 0.357. The molecule has 0 spiro atoms. The minimum absolute atomic E-state index is 0.218. The van der Waals surface area contributed by atoms with Gasteiger partial charge < -0.3 is 10.1 Å². The molecule has 0 radical (unpaired) electrons. The van der Waals surface area contributed by atoms with Crippen LogP contribution in [0.25, 0.3) is 0 Å². The average molecular weight is 455 g/mol. The molecule has 0 heterocycles. The first-order valence-electron chi connectivity index (χ1n) is 8.41. The van der Waals surface area contributed by atoms with E-state index in [2.05, 4.69) is 21.2 Å². The predicted molar refractivity (Wildman–Crippen MR) is 111 cm³/mol. The van der Waals surface area contributed by atoms with Crippen LogP contribution in [0.3, 0.4) is 0 Å². The summed E-state index contributed by atoms with van der Waals surface area (Å²) in [4.78, 5) is 12.6. The summed E-state index contributed by atoms with van der Waals surface area (Å²) in [5.41, 5.74) is 1.35. The van der Waals surface area contributed by atoms with Crippen molar-refractivity contribution in [3.8, 4) is 5.75 Å². The molecular formula is C19H23BrN2O4S. The zero-order chi connectivity index (χ0) is 20.0. The van der Waals surface area contributed by atoms with Crippen molar-refractivity contribution in [1.82, 2.24) is 5.32 Å². The van der Waals surface area contributed by atoms with Gasteiger partial charge in [0.1, 0.15) is 12.3 Å². The Morgan fingerprint density at radius 1 is 1.19 bits per heavy atom. The van der Waals surface area contributed by atoms with E-state index in [0.29, 0.717) is 16.6 Å². The first kappa shape index (κ1) is 21.2. The van der Waals surface area contributed by atoms with Crippen LogP contribution in [0, 0.1) is 0 Å². The van der Waals surface area contributed by atoms with E-state index in [1.807, 2.05) is 31.2 Å². The number of hydrogen-bond acceptors (Lipinski definition) is 4. The predicted octanol–water partition coefficient (Wildman–Crippen LogP) is 3.49. The lowest BCUT2D eigenvalue weighted by Crippen LogP contribution is -2.41. The van der Waals surface area contributed by atoms with Crippen molar-refractivity contribution in [2.75, 3.05) is 24.2 Å². The van der Waals surface area contributed by atoms with Gasteiger partial charge in [-0.25, -0.2) is 8.42 Å². The van der Waals surface area contributed by atoms with Crippen molar-refractivity contribution < 1.29 is 17.9 Å². The van der Waals surface area contributed by atoms with E-state index >= 15 is 0 Å². The number of anilines is 1. The van der Waals surface area contributed by atoms with Gasteiger partial charge in [-0.05, 0) is 52.2 Å². The molecule has 0 bridgehead atoms. The number of para-hydroxylation sites is 1. The Labute approximate surface area is 168 Å². The molecule has 0 aliphatic heterocycles. The Balaban J connectivity index is 2.18. The molecule has 0 aromatic heterocycles. The van der Waals surface area contributed by atoms with Crippen LogP contribution in [0.1, 0.15) is 24.9 Å². The van der Waals surface area contributed by atoms with Crippen molar-refractivity contribution in [3.63, 3.8) is 0 Å². The SMILES string of the molecule is CC[C@@H](NC(=O)CN(c1ccccc1Br)S(C)(=O)=O)c1ccc(OC)cc1. The minimum atomic E-state index is -3.63. The van der Waals surface area contributed by atoms with E-state index in [1.165, 1.54) is 0 Å². The minimum Gasteiger partial charge on any atom is -0.497 e. The Kier molecular flexibility index (Phi) is 7.26. The third kappa shape index (κ3) is 5.71. The molecule has 1 atom stereocenters. The largest absolute Gasteiger partial charge is 0.497 e. The highest BCUT2D eigenvalue weighted by Crippen LogP contribution is 2.27. The highest BCUT2D eigenvalue weighted by atomic mass is 79.9. The van der Waals surface area contributed by atoms with Crippen LogP contribution >= 0.6 is 15.9 Å². The number of amides is 1. The fourth-order valence-electron chi connectivity index (χ4n) is 2.66. The number of ether oxygens (including phenoxy) is 1. The molecule has 1 amide bonds. The monoisotopic (exact) mass is 454 g/mol. The lowest BCUT2D eigenvalue weighted by molar-refractivity contribution is -0.120. The zero-order valence-electron chi connectivity index (χ0n) is 15.5. The summed E-state index contributed by atoms with van der Waals surface area (Å²) < 4.78 is 31.3. The topological polar surface area (TPSA) is 75.7 Å². The second-order valence-corrected chi connectivity index (χ2v) is 8.78. The van der Waals surface area contributed by atoms with E-state index < -0.39 is 10.0 Å². The maximum atomic E-state index is 12.6. The first-order valence-corrected chi connectivity index (χ1v) is 11.1. The molecule has 0 aliphatic rings. The van der Waals surface area contributed by atoms with Crippen LogP contribution < -0.4 is 14.4 Å². The Hall–Kier alpha value is -2.06. The third-order valence-electron chi connectivity index (χ3n) is 4.07. The highest BCUT2D eigenvalue weighted by Gasteiger charge is 2.24. The van der Waals surface area contributed by atoms with Gasteiger partial charge in [0.25, 0.3) is 0 Å². The molecule has 0 saturated carbocycles. The Bertz CT molecular complexity index is 885. The molecule has 1 N–H and O–H groups in total. The van der Waals surface area contributed by atoms with Crippen LogP contribution in [0.15, 0.2) is 53.0 Å². The van der Waals surface area contributed by atoms with Crippen molar-refractivity contribution in [1.29, 1.82) is 0 Å². The molecule has 2 rings (SSSR count). The molecule has 0 unspecified atom stereocenters. The number of methoxy groups -OCH3 is 1. The van der Waals surface area contributed by atoms with E-state index in [0.717, 1.165) is 21.9 Å². The lowest BCUT2D eigenvalue weighted by atomic mass is 10.0. The zero-order valence-corrected chi connectivity index (χ0v) is 17.9. The van der Waals surface area contributed by atoms with Crippen LogP contribution in [-0.2, 0) is 14.8 Å². The molecule has 27 heavy (non-hydrogen) atoms. The summed E-state index contributed by atoms with van der Waals surface area (Å²) in [6.07, 6.45) is 1.76. The Morgan fingerprint density at radius 3 is 2.33 bits per heavy atom. The van der Waals surface area contributed by atoms with Gasteiger partial charge in [-0.1, -0.05) is 31.2 Å². The molecule has 2 aromatic rings. The van der Waals surface area contributed by atoms with E-state index in [9.17, 15) is 13.2 Å². The standard InChI is InChI=1S/C19H23BrN2O4S/c1-4-17(14-9-11-15(26-2)12-10-14)21-19(23)13-22(27(3,24)25)18-8-6-5-7-16(18)20/h5-12,17H,4,13H2,1-3H3,(H,21,23)/t17-/m1/s1. The quantitative estimate of drug-likeness (QED) is 0.661. The third-order valence-corrected chi connectivity index (χ3v) is 5.87. The summed E-state index contributed by atoms with van der Waals surface area (Å²) in [6.45, 7) is 1.66. The van der Waals surface area contributed by atoms with Crippen LogP contribution in [0.2, 0.25) is 0 Å². The lowest BCUT2D eigenvalue weighted by Gasteiger charge is -2.25. The molecule has 2 aromatic carbocycles. The van der Waals surface area contributed by atoms with Crippen LogP contribution in [0.4, 0.5) is 5.69 Å². The number of rotatable bonds is 8. The van der Waals surface area contributed by atoms with Gasteiger partial charge in [0, 0.05) is 4.47 Å². The average Bonchev–Trinajstić information content (AvgIpc) is 2.64. The molecule has 8 heteroatoms. The summed E-state index contributed by atoms with van der Waals surface area (Å²) >= 11 is 3.34. The number of carbonyl (C=O) groups is 1. The fraction of sp³-hybridized carbons (Fsp3) is 0.316. The molecule has 6 nitrogen and oxygen atoms in total. The first-order chi connectivity index (χ1) is 12.8. The van der Waals surface area contributed by atoms with Crippen molar-refractivity contribution in [2.45, 2.75) is 19.4 Å². The summed E-state index contributed by atoms with van der Waals surface area (Å²) in [7, 11) is -2.03. The van der Waals surface area contributed by atoms with Gasteiger partial charge in [-0.3, -0.25) is 9.10 Å². The second kappa shape index (κ2) is 9.23. The van der Waals surface area contributed by atoms with Crippen LogP contribution in [-0.4, -0.2) is 34.2 Å². The summed E-state index contributed by atoms with van der Waals surface area (Å²) in [6, 6.07) is 14.1. The van der Waals surface area contributed by atoms with Crippen molar-refractivity contribution in [3.05, 3.63) is 58.6 Å². The molecule has 0 aliphatic carbocycles. The molecule has 0 fully saturated rings. The molecule has 0 saturated heterocycles. The molecular weight excluding hydrogens is 432 g/mol. The number of nitrogens with zero attached hydrogens (tertiary/aromatic N) is 1. The van der Waals surface area contributed by atoms with Gasteiger partial charge in [0.05, 0.1) is 25.1 Å². The number of halogens is 1. The van der Waals surface area contributed by atoms with Crippen LogP contribution in [0.5, 0.6) is 5.75 Å². The Morgan fingerprint density at radius 2 is 1.81 bits per heavy atom. The maximum absolute atomic E-state index is 12.6. The van der Waals surface area contributed by atoms with Gasteiger partial charge in [-0.2, -0.15) is 0 Å². The maximum Gasteiger partial charge on any atom is 0.241 e. The van der Waals surface area contributed by atoms with Gasteiger partial charge in [0.15, 0.2) is 0 Å². The number of nitrogens with one attached hydrogen (secondary N) is 1. The van der Waals surface area contributed by atoms with Gasteiger partial charge in [-0.15, -0.1) is 0 Å². The van der Waals surface area contributed by atoms with E-state index in [-0.39, 0.29) is 18.5 Å². The van der Waals surface area contributed by atoms with E-state index in [4.69, 9.17) is 4.74 Å². The normalized spacial score (nSPS) is 12.3. The number of hydrogen-bond donors (Lipinski definition) is 1. The number of carbonyl (C=O) groups excluding carboxylic acids is 1. The number of benzene rings is 2. The van der Waals surface area contributed by atoms with Crippen molar-refractivity contribution in [2.24, 2.45) is 0 Å². The second-order valence-electron chi connectivity index (χ2n) is 6.02. The molecule has 146 valence electrons. The summed E-state index contributed by atoms with van der Waals surface area (Å²) in [5, 5.41) is 2.91. The van der Waals surface area contributed by atoms with E-state index in [1.54, 1.807) is 31.4 Å². The van der Waals surface area contributed by atoms with Gasteiger partial charge in [0.2, 0.25) is 15.9 Å². The van der Waals surface area contributed by atoms with Gasteiger partial charge >= 0.3 is 0 Å². The fourth-order valence-corrected chi connectivity index (χ4v) is 4.15. The highest BCUT2D eigenvalue weighted by molar-refractivity contribution is 9.10. The van der Waals surface area contributed by atoms with Crippen molar-refractivity contribution >= 4 is 37.5 Å².